The van der Waals surface area contributed by atoms with Crippen LogP contribution in [0, 0.1) is 18.3 Å². The molecule has 1 amide bonds. The zero-order chi connectivity index (χ0) is 13.0. The predicted octanol–water partition coefficient (Wildman–Crippen LogP) is 1.91. The average Bonchev–Trinajstić information content (AvgIpc) is 2.41. The van der Waals surface area contributed by atoms with E-state index in [1.807, 2.05) is 19.1 Å². The number of nitriles is 1. The van der Waals surface area contributed by atoms with Crippen LogP contribution in [0.4, 0.5) is 5.82 Å². The summed E-state index contributed by atoms with van der Waals surface area (Å²) in [5.74, 6) is 0.162. The van der Waals surface area contributed by atoms with Gasteiger partial charge in [0.2, 0.25) is 0 Å². The number of hydrogen-bond donors (Lipinski definition) is 1. The molecule has 18 heavy (non-hydrogen) atoms. The maximum atomic E-state index is 11.9. The lowest BCUT2D eigenvalue weighted by Gasteiger charge is -2.05. The Labute approximate surface area is 104 Å². The van der Waals surface area contributed by atoms with Gasteiger partial charge in [-0.1, -0.05) is 6.07 Å². The van der Waals surface area contributed by atoms with Crippen molar-refractivity contribution >= 4 is 11.7 Å². The second-order valence-corrected chi connectivity index (χ2v) is 3.67. The minimum Gasteiger partial charge on any atom is -0.305 e. The maximum Gasteiger partial charge on any atom is 0.275 e. The standard InChI is InChI=1S/C13H10N4O/c1-9-3-2-6-15-12(9)17-13(18)11-5-4-10(7-14)8-16-11/h2-6,8H,1H3,(H,15,17,18). The first-order valence-corrected chi connectivity index (χ1v) is 5.30. The summed E-state index contributed by atoms with van der Waals surface area (Å²) < 4.78 is 0. The fraction of sp³-hybridized carbons (Fsp3) is 0.0769. The Kier molecular flexibility index (Phi) is 3.30. The maximum absolute atomic E-state index is 11.9. The monoisotopic (exact) mass is 238 g/mol. The van der Waals surface area contributed by atoms with Crippen molar-refractivity contribution in [2.45, 2.75) is 6.92 Å². The molecule has 0 fully saturated rings. The number of aromatic nitrogens is 2. The van der Waals surface area contributed by atoms with Crippen LogP contribution in [-0.2, 0) is 0 Å². The molecule has 2 aromatic heterocycles. The Bertz CT molecular complexity index is 614. The molecule has 2 heterocycles. The second-order valence-electron chi connectivity index (χ2n) is 3.67. The van der Waals surface area contributed by atoms with E-state index >= 15 is 0 Å². The number of aryl methyl sites for hydroxylation is 1. The highest BCUT2D eigenvalue weighted by molar-refractivity contribution is 6.02. The van der Waals surface area contributed by atoms with Crippen molar-refractivity contribution in [2.75, 3.05) is 5.32 Å². The van der Waals surface area contributed by atoms with Gasteiger partial charge in [-0.05, 0) is 30.7 Å². The van der Waals surface area contributed by atoms with Crippen LogP contribution in [0.2, 0.25) is 0 Å². The van der Waals surface area contributed by atoms with Crippen molar-refractivity contribution in [1.29, 1.82) is 5.26 Å². The summed E-state index contributed by atoms with van der Waals surface area (Å²) in [7, 11) is 0. The molecule has 0 aliphatic rings. The van der Waals surface area contributed by atoms with Gasteiger partial charge in [-0.2, -0.15) is 5.26 Å². The molecule has 5 nitrogen and oxygen atoms in total. The number of carbonyl (C=O) groups is 1. The zero-order valence-electron chi connectivity index (χ0n) is 9.71. The topological polar surface area (TPSA) is 78.7 Å². The van der Waals surface area contributed by atoms with Crippen LogP contribution < -0.4 is 5.32 Å². The number of carbonyl (C=O) groups excluding carboxylic acids is 1. The van der Waals surface area contributed by atoms with Gasteiger partial charge >= 0.3 is 0 Å². The Morgan fingerprint density at radius 2 is 2.17 bits per heavy atom. The van der Waals surface area contributed by atoms with Crippen molar-refractivity contribution in [3.05, 3.63) is 53.5 Å². The van der Waals surface area contributed by atoms with Gasteiger partial charge in [0.15, 0.2) is 0 Å². The number of nitrogens with zero attached hydrogens (tertiary/aromatic N) is 3. The number of anilines is 1. The molecule has 5 heteroatoms. The van der Waals surface area contributed by atoms with Gasteiger partial charge in [0.25, 0.3) is 5.91 Å². The predicted molar refractivity (Wildman–Crippen MR) is 65.9 cm³/mol. The van der Waals surface area contributed by atoms with Gasteiger partial charge in [0.05, 0.1) is 5.56 Å². The van der Waals surface area contributed by atoms with E-state index in [1.54, 1.807) is 18.3 Å². The molecule has 0 aliphatic heterocycles. The van der Waals surface area contributed by atoms with Gasteiger partial charge < -0.3 is 5.32 Å². The van der Waals surface area contributed by atoms with Crippen LogP contribution in [0.1, 0.15) is 21.6 Å². The summed E-state index contributed by atoms with van der Waals surface area (Å²) in [5.41, 5.74) is 1.54. The number of hydrogen-bond acceptors (Lipinski definition) is 4. The van der Waals surface area contributed by atoms with E-state index in [1.165, 1.54) is 12.3 Å². The summed E-state index contributed by atoms with van der Waals surface area (Å²) >= 11 is 0. The van der Waals surface area contributed by atoms with E-state index in [9.17, 15) is 4.79 Å². The summed E-state index contributed by atoms with van der Waals surface area (Å²) in [4.78, 5) is 19.8. The minimum atomic E-state index is -0.346. The van der Waals surface area contributed by atoms with Crippen molar-refractivity contribution in [3.63, 3.8) is 0 Å². The van der Waals surface area contributed by atoms with Gasteiger partial charge in [-0.25, -0.2) is 9.97 Å². The van der Waals surface area contributed by atoms with Crippen LogP contribution in [0.5, 0.6) is 0 Å². The van der Waals surface area contributed by atoms with Crippen molar-refractivity contribution < 1.29 is 4.79 Å². The number of rotatable bonds is 2. The highest BCUT2D eigenvalue weighted by atomic mass is 16.1. The molecule has 0 aromatic carbocycles. The molecular formula is C13H10N4O. The highest BCUT2D eigenvalue weighted by Gasteiger charge is 2.09. The first kappa shape index (κ1) is 11.7. The zero-order valence-corrected chi connectivity index (χ0v) is 9.71. The lowest BCUT2D eigenvalue weighted by atomic mass is 10.2. The molecular weight excluding hydrogens is 228 g/mol. The molecule has 0 aliphatic carbocycles. The SMILES string of the molecule is Cc1cccnc1NC(=O)c1ccc(C#N)cn1. The van der Waals surface area contributed by atoms with Crippen molar-refractivity contribution in [1.82, 2.24) is 9.97 Å². The fourth-order valence-corrected chi connectivity index (χ4v) is 1.38. The lowest BCUT2D eigenvalue weighted by molar-refractivity contribution is 0.102. The van der Waals surface area contributed by atoms with Gasteiger partial charge in [-0.3, -0.25) is 4.79 Å². The van der Waals surface area contributed by atoms with Crippen LogP contribution in [0.25, 0.3) is 0 Å². The van der Waals surface area contributed by atoms with Crippen molar-refractivity contribution in [2.24, 2.45) is 0 Å². The lowest BCUT2D eigenvalue weighted by Crippen LogP contribution is -2.15. The first-order chi connectivity index (χ1) is 8.70. The Morgan fingerprint density at radius 3 is 2.78 bits per heavy atom. The molecule has 2 rings (SSSR count). The summed E-state index contributed by atoms with van der Waals surface area (Å²) in [5, 5.41) is 11.3. The average molecular weight is 238 g/mol. The number of amides is 1. The van der Waals surface area contributed by atoms with Crippen LogP contribution >= 0.6 is 0 Å². The smallest absolute Gasteiger partial charge is 0.275 e. The van der Waals surface area contributed by atoms with Crippen LogP contribution in [0.3, 0.4) is 0 Å². The van der Waals surface area contributed by atoms with E-state index in [0.717, 1.165) is 5.56 Å². The van der Waals surface area contributed by atoms with Gasteiger partial charge in [0.1, 0.15) is 17.6 Å². The van der Waals surface area contributed by atoms with E-state index < -0.39 is 0 Å². The molecule has 0 radical (unpaired) electrons. The third-order valence-corrected chi connectivity index (χ3v) is 2.37. The molecule has 0 spiro atoms. The second kappa shape index (κ2) is 5.06. The number of nitrogens with one attached hydrogen (secondary N) is 1. The Hall–Kier alpha value is -2.74. The molecule has 0 saturated carbocycles. The number of pyridine rings is 2. The van der Waals surface area contributed by atoms with Crippen LogP contribution in [-0.4, -0.2) is 15.9 Å². The summed E-state index contributed by atoms with van der Waals surface area (Å²) in [6.07, 6.45) is 2.97. The normalized spacial score (nSPS) is 9.56. The summed E-state index contributed by atoms with van der Waals surface area (Å²) in [6, 6.07) is 8.65. The Morgan fingerprint density at radius 1 is 1.33 bits per heavy atom. The quantitative estimate of drug-likeness (QED) is 0.866. The van der Waals surface area contributed by atoms with Gasteiger partial charge in [-0.15, -0.1) is 0 Å². The van der Waals surface area contributed by atoms with Gasteiger partial charge in [0, 0.05) is 12.4 Å². The third-order valence-electron chi connectivity index (χ3n) is 2.37. The van der Waals surface area contributed by atoms with E-state index in [4.69, 9.17) is 5.26 Å². The fourth-order valence-electron chi connectivity index (χ4n) is 1.38. The molecule has 0 bridgehead atoms. The van der Waals surface area contributed by atoms with Crippen molar-refractivity contribution in [3.8, 4) is 6.07 Å². The molecule has 2 aromatic rings. The van der Waals surface area contributed by atoms with E-state index in [-0.39, 0.29) is 11.6 Å². The first-order valence-electron chi connectivity index (χ1n) is 5.30. The van der Waals surface area contributed by atoms with Crippen LogP contribution in [0.15, 0.2) is 36.7 Å². The molecule has 88 valence electrons. The van der Waals surface area contributed by atoms with E-state index in [0.29, 0.717) is 11.4 Å². The Balaban J connectivity index is 2.17. The third kappa shape index (κ3) is 2.50. The molecule has 0 atom stereocenters. The molecule has 1 N–H and O–H groups in total. The molecule has 0 unspecified atom stereocenters. The molecule has 0 saturated heterocycles. The largest absolute Gasteiger partial charge is 0.305 e. The summed E-state index contributed by atoms with van der Waals surface area (Å²) in [6.45, 7) is 1.86. The van der Waals surface area contributed by atoms with E-state index in [2.05, 4.69) is 15.3 Å². The minimum absolute atomic E-state index is 0.249. The highest BCUT2D eigenvalue weighted by Crippen LogP contribution is 2.10.